The van der Waals surface area contributed by atoms with E-state index in [1.165, 1.54) is 6.66 Å². The van der Waals surface area contributed by atoms with Crippen LogP contribution >= 0.6 is 19.8 Å². The van der Waals surface area contributed by atoms with Crippen LogP contribution < -0.4 is 5.73 Å². The van der Waals surface area contributed by atoms with Gasteiger partial charge in [-0.25, -0.2) is 0 Å². The number of hydrogen-bond donors (Lipinski definition) is 2. The van der Waals surface area contributed by atoms with Crippen molar-refractivity contribution in [2.75, 3.05) is 19.4 Å². The van der Waals surface area contributed by atoms with Gasteiger partial charge in [0.15, 0.2) is 7.37 Å². The second kappa shape index (κ2) is 5.24. The van der Waals surface area contributed by atoms with Gasteiger partial charge in [0.2, 0.25) is 0 Å². The molecule has 0 fully saturated rings. The Morgan fingerprint density at radius 3 is 2.22 bits per heavy atom. The normalized spacial score (nSPS) is 15.9. The first-order valence-corrected chi connectivity index (χ1v) is 4.85. The van der Waals surface area contributed by atoms with Crippen molar-refractivity contribution in [3.8, 4) is 0 Å². The third-order valence-electron chi connectivity index (χ3n) is 0.777. The Labute approximate surface area is 61.5 Å². The number of rotatable bonds is 3. The zero-order valence-corrected chi connectivity index (χ0v) is 7.12. The second-order valence-electron chi connectivity index (χ2n) is 1.92. The molecule has 0 saturated heterocycles. The van der Waals surface area contributed by atoms with Crippen LogP contribution in [0.4, 0.5) is 0 Å². The Morgan fingerprint density at radius 1 is 1.67 bits per heavy atom. The van der Waals surface area contributed by atoms with Gasteiger partial charge in [0.1, 0.15) is 0 Å². The highest BCUT2D eigenvalue weighted by atomic mass is 35.5. The van der Waals surface area contributed by atoms with Crippen LogP contribution in [0.15, 0.2) is 0 Å². The molecule has 0 spiro atoms. The molecule has 0 radical (unpaired) electrons. The van der Waals surface area contributed by atoms with E-state index in [0.717, 1.165) is 0 Å². The van der Waals surface area contributed by atoms with Crippen molar-refractivity contribution in [2.24, 2.45) is 5.73 Å². The largest absolute Gasteiger partial charge is 0.344 e. The Bertz CT molecular complexity index is 103. The van der Waals surface area contributed by atoms with Crippen LogP contribution in [-0.4, -0.2) is 24.3 Å². The first kappa shape index (κ1) is 12.1. The monoisotopic (exact) mass is 173 g/mol. The van der Waals surface area contributed by atoms with Gasteiger partial charge in [0.25, 0.3) is 0 Å². The Hall–Kier alpha value is 0.440. The van der Waals surface area contributed by atoms with E-state index in [-0.39, 0.29) is 12.4 Å². The molecule has 9 heavy (non-hydrogen) atoms. The van der Waals surface area contributed by atoms with Crippen molar-refractivity contribution < 1.29 is 9.46 Å². The quantitative estimate of drug-likeness (QED) is 0.617. The van der Waals surface area contributed by atoms with E-state index < -0.39 is 7.37 Å². The van der Waals surface area contributed by atoms with Crippen LogP contribution in [0.5, 0.6) is 0 Å². The van der Waals surface area contributed by atoms with Crippen molar-refractivity contribution in [1.29, 1.82) is 0 Å². The third-order valence-corrected chi connectivity index (χ3v) is 1.92. The lowest BCUT2D eigenvalue weighted by Crippen LogP contribution is -2.01. The number of hydrogen-bond acceptors (Lipinski definition) is 2. The molecule has 0 saturated carbocycles. The van der Waals surface area contributed by atoms with E-state index in [1.807, 2.05) is 0 Å². The molecule has 0 aromatic rings. The minimum absolute atomic E-state index is 0. The lowest BCUT2D eigenvalue weighted by molar-refractivity contribution is 0.483. The fourth-order valence-electron chi connectivity index (χ4n) is 0.385. The van der Waals surface area contributed by atoms with Crippen LogP contribution in [-0.2, 0) is 4.57 Å². The maximum Gasteiger partial charge on any atom is 0.197 e. The number of halogens is 1. The summed E-state index contributed by atoms with van der Waals surface area (Å²) in [6.07, 6.45) is 0.994. The average molecular weight is 174 g/mol. The van der Waals surface area contributed by atoms with Crippen molar-refractivity contribution in [2.45, 2.75) is 6.42 Å². The van der Waals surface area contributed by atoms with Crippen LogP contribution in [0.1, 0.15) is 6.42 Å². The molecule has 0 heterocycles. The van der Waals surface area contributed by atoms with Gasteiger partial charge in [-0.1, -0.05) is 0 Å². The molecular formula is C4H13ClNO2P. The van der Waals surface area contributed by atoms with Gasteiger partial charge in [-0.2, -0.15) is 0 Å². The highest BCUT2D eigenvalue weighted by Crippen LogP contribution is 2.35. The standard InChI is InChI=1S/C4H12NO2P.ClH/c1-8(6,7)4-2-3-5;/h2-5H2,1H3,(H,6,7);1H. The summed E-state index contributed by atoms with van der Waals surface area (Å²) in [6.45, 7) is 1.85. The van der Waals surface area contributed by atoms with Crippen LogP contribution in [0, 0.1) is 0 Å². The predicted molar refractivity (Wildman–Crippen MR) is 41.5 cm³/mol. The van der Waals surface area contributed by atoms with E-state index in [0.29, 0.717) is 19.1 Å². The summed E-state index contributed by atoms with van der Waals surface area (Å²) in [4.78, 5) is 8.65. The summed E-state index contributed by atoms with van der Waals surface area (Å²) in [6, 6.07) is 0. The summed E-state index contributed by atoms with van der Waals surface area (Å²) >= 11 is 0. The number of nitrogens with two attached hydrogens (primary N) is 1. The first-order chi connectivity index (χ1) is 3.56. The summed E-state index contributed by atoms with van der Waals surface area (Å²) in [5.41, 5.74) is 5.10. The molecule has 0 aromatic carbocycles. The van der Waals surface area contributed by atoms with Crippen LogP contribution in [0.3, 0.4) is 0 Å². The molecule has 58 valence electrons. The van der Waals surface area contributed by atoms with Gasteiger partial charge in [0.05, 0.1) is 0 Å². The topological polar surface area (TPSA) is 63.3 Å². The van der Waals surface area contributed by atoms with Crippen molar-refractivity contribution in [3.63, 3.8) is 0 Å². The van der Waals surface area contributed by atoms with Crippen LogP contribution in [0.25, 0.3) is 0 Å². The lowest BCUT2D eigenvalue weighted by Gasteiger charge is -2.00. The van der Waals surface area contributed by atoms with Gasteiger partial charge >= 0.3 is 0 Å². The van der Waals surface area contributed by atoms with E-state index in [1.54, 1.807) is 0 Å². The lowest BCUT2D eigenvalue weighted by atomic mass is 10.5. The summed E-state index contributed by atoms with van der Waals surface area (Å²) in [5, 5.41) is 0. The SMILES string of the molecule is CP(=O)(O)CCCN.Cl. The molecule has 0 bridgehead atoms. The predicted octanol–water partition coefficient (Wildman–Crippen LogP) is 0.657. The van der Waals surface area contributed by atoms with E-state index >= 15 is 0 Å². The van der Waals surface area contributed by atoms with Gasteiger partial charge in [-0.3, -0.25) is 4.57 Å². The average Bonchev–Trinajstić information content (AvgIpc) is 1.59. The van der Waals surface area contributed by atoms with Crippen molar-refractivity contribution in [1.82, 2.24) is 0 Å². The fourth-order valence-corrected chi connectivity index (χ4v) is 1.15. The first-order valence-electron chi connectivity index (χ1n) is 2.55. The molecule has 0 rings (SSSR count). The van der Waals surface area contributed by atoms with Crippen LogP contribution in [0.2, 0.25) is 0 Å². The van der Waals surface area contributed by atoms with Crippen molar-refractivity contribution in [3.05, 3.63) is 0 Å². The zero-order chi connectivity index (χ0) is 6.62. The Kier molecular flexibility index (Phi) is 7.08. The minimum atomic E-state index is -2.76. The minimum Gasteiger partial charge on any atom is -0.344 e. The maximum atomic E-state index is 10.5. The highest BCUT2D eigenvalue weighted by Gasteiger charge is 2.06. The summed E-state index contributed by atoms with van der Waals surface area (Å²) in [5.74, 6) is 0. The fraction of sp³-hybridized carbons (Fsp3) is 1.00. The molecule has 5 heteroatoms. The molecule has 3 nitrogen and oxygen atoms in total. The smallest absolute Gasteiger partial charge is 0.197 e. The van der Waals surface area contributed by atoms with Gasteiger partial charge in [-0.15, -0.1) is 12.4 Å². The molecule has 1 atom stereocenters. The van der Waals surface area contributed by atoms with E-state index in [2.05, 4.69) is 0 Å². The zero-order valence-electron chi connectivity index (χ0n) is 5.41. The second-order valence-corrected chi connectivity index (χ2v) is 4.47. The molecule has 0 aliphatic carbocycles. The molecule has 0 aliphatic rings. The maximum absolute atomic E-state index is 10.5. The van der Waals surface area contributed by atoms with E-state index in [9.17, 15) is 4.57 Å². The van der Waals surface area contributed by atoms with Gasteiger partial charge in [-0.05, 0) is 13.0 Å². The van der Waals surface area contributed by atoms with E-state index in [4.69, 9.17) is 10.6 Å². The Balaban J connectivity index is 0. The molecule has 1 unspecified atom stereocenters. The summed E-state index contributed by atoms with van der Waals surface area (Å²) in [7, 11) is -2.76. The van der Waals surface area contributed by atoms with Crippen molar-refractivity contribution >= 4 is 19.8 Å². The molecular weight excluding hydrogens is 160 g/mol. The van der Waals surface area contributed by atoms with Gasteiger partial charge in [0, 0.05) is 12.8 Å². The Morgan fingerprint density at radius 2 is 2.11 bits per heavy atom. The molecule has 0 amide bonds. The molecule has 0 aromatic heterocycles. The summed E-state index contributed by atoms with van der Waals surface area (Å²) < 4.78 is 10.5. The highest BCUT2D eigenvalue weighted by molar-refractivity contribution is 7.57. The molecule has 0 aliphatic heterocycles. The third kappa shape index (κ3) is 11.8. The molecule has 3 N–H and O–H groups in total. The van der Waals surface area contributed by atoms with Gasteiger partial charge < -0.3 is 10.6 Å².